The summed E-state index contributed by atoms with van der Waals surface area (Å²) >= 11 is 0. The van der Waals surface area contributed by atoms with Crippen molar-refractivity contribution in [1.82, 2.24) is 9.55 Å². The first-order valence-electron chi connectivity index (χ1n) is 11.0. The predicted octanol–water partition coefficient (Wildman–Crippen LogP) is 6.71. The maximum absolute atomic E-state index is 9.63. The SMILES string of the molecule is C=CCCCCCCc1ccccc1Cn1c(C#N)cnc1-c1ccc(CC)cc1. The Kier molecular flexibility index (Phi) is 8.03. The van der Waals surface area contributed by atoms with Crippen LogP contribution in [-0.2, 0) is 19.4 Å². The number of nitrogens with zero attached hydrogens (tertiary/aromatic N) is 3. The van der Waals surface area contributed by atoms with E-state index in [9.17, 15) is 5.26 Å². The van der Waals surface area contributed by atoms with E-state index in [2.05, 4.69) is 73.1 Å². The molecule has 0 saturated heterocycles. The molecule has 154 valence electrons. The first-order chi connectivity index (χ1) is 14.8. The van der Waals surface area contributed by atoms with E-state index in [0.717, 1.165) is 30.7 Å². The number of hydrogen-bond donors (Lipinski definition) is 0. The van der Waals surface area contributed by atoms with E-state index in [1.807, 2.05) is 10.6 Å². The molecule has 0 radical (unpaired) electrons. The first-order valence-corrected chi connectivity index (χ1v) is 11.0. The molecule has 3 nitrogen and oxygen atoms in total. The van der Waals surface area contributed by atoms with Crippen molar-refractivity contribution in [2.24, 2.45) is 0 Å². The molecule has 1 aromatic heterocycles. The van der Waals surface area contributed by atoms with Gasteiger partial charge in [-0.25, -0.2) is 4.98 Å². The van der Waals surface area contributed by atoms with E-state index in [-0.39, 0.29) is 0 Å². The van der Waals surface area contributed by atoms with Gasteiger partial charge in [0.15, 0.2) is 0 Å². The molecule has 0 aliphatic rings. The minimum atomic E-state index is 0.601. The van der Waals surface area contributed by atoms with Crippen LogP contribution in [0.25, 0.3) is 11.4 Å². The summed E-state index contributed by atoms with van der Waals surface area (Å²) in [5.41, 5.74) is 5.59. The van der Waals surface area contributed by atoms with Gasteiger partial charge >= 0.3 is 0 Å². The van der Waals surface area contributed by atoms with Crippen LogP contribution in [0, 0.1) is 11.3 Å². The van der Waals surface area contributed by atoms with Crippen molar-refractivity contribution in [2.45, 2.75) is 58.4 Å². The van der Waals surface area contributed by atoms with Crippen LogP contribution in [0.2, 0.25) is 0 Å². The Bertz CT molecular complexity index is 990. The lowest BCUT2D eigenvalue weighted by atomic mass is 10.00. The van der Waals surface area contributed by atoms with Gasteiger partial charge in [0, 0.05) is 5.56 Å². The lowest BCUT2D eigenvalue weighted by Crippen LogP contribution is -2.07. The minimum absolute atomic E-state index is 0.601. The Morgan fingerprint density at radius 1 is 1.00 bits per heavy atom. The number of aryl methyl sites for hydroxylation is 2. The predicted molar refractivity (Wildman–Crippen MR) is 124 cm³/mol. The van der Waals surface area contributed by atoms with E-state index >= 15 is 0 Å². The van der Waals surface area contributed by atoms with Gasteiger partial charge in [-0.15, -0.1) is 6.58 Å². The fourth-order valence-electron chi connectivity index (χ4n) is 3.83. The second-order valence-electron chi connectivity index (χ2n) is 7.73. The highest BCUT2D eigenvalue weighted by atomic mass is 15.1. The largest absolute Gasteiger partial charge is 0.311 e. The molecule has 0 aliphatic carbocycles. The molecule has 2 aromatic carbocycles. The van der Waals surface area contributed by atoms with Gasteiger partial charge in [0.25, 0.3) is 0 Å². The normalized spacial score (nSPS) is 10.7. The maximum atomic E-state index is 9.63. The number of nitriles is 1. The standard InChI is InChI=1S/C27H31N3/c1-3-5-6-7-8-9-12-23-13-10-11-14-25(23)21-30-26(19-28)20-29-27(30)24-17-15-22(4-2)16-18-24/h3,10-11,13-18,20H,1,4-9,12,21H2,2H3. The van der Waals surface area contributed by atoms with Crippen LogP contribution in [0.3, 0.4) is 0 Å². The van der Waals surface area contributed by atoms with E-state index in [1.165, 1.54) is 42.4 Å². The number of allylic oxidation sites excluding steroid dienone is 1. The average Bonchev–Trinajstić information content (AvgIpc) is 3.19. The van der Waals surface area contributed by atoms with Crippen LogP contribution in [-0.4, -0.2) is 9.55 Å². The summed E-state index contributed by atoms with van der Waals surface area (Å²) in [5.74, 6) is 0.855. The molecule has 0 spiro atoms. The van der Waals surface area contributed by atoms with Crippen molar-refractivity contribution in [3.63, 3.8) is 0 Å². The topological polar surface area (TPSA) is 41.6 Å². The molecule has 30 heavy (non-hydrogen) atoms. The molecule has 0 bridgehead atoms. The number of unbranched alkanes of at least 4 members (excludes halogenated alkanes) is 4. The third-order valence-electron chi connectivity index (χ3n) is 5.64. The third kappa shape index (κ3) is 5.48. The zero-order valence-corrected chi connectivity index (χ0v) is 18.0. The highest BCUT2D eigenvalue weighted by Crippen LogP contribution is 2.23. The number of hydrogen-bond acceptors (Lipinski definition) is 2. The molecule has 0 unspecified atom stereocenters. The lowest BCUT2D eigenvalue weighted by molar-refractivity contribution is 0.643. The van der Waals surface area contributed by atoms with Gasteiger partial charge in [-0.1, -0.05) is 74.4 Å². The smallest absolute Gasteiger partial charge is 0.141 e. The molecule has 0 amide bonds. The van der Waals surface area contributed by atoms with Crippen LogP contribution in [0.1, 0.15) is 61.4 Å². The Morgan fingerprint density at radius 2 is 1.73 bits per heavy atom. The van der Waals surface area contributed by atoms with Crippen molar-refractivity contribution >= 4 is 0 Å². The van der Waals surface area contributed by atoms with Crippen LogP contribution in [0.5, 0.6) is 0 Å². The van der Waals surface area contributed by atoms with Gasteiger partial charge in [-0.05, 0) is 48.8 Å². The quantitative estimate of drug-likeness (QED) is 0.266. The number of rotatable bonds is 11. The van der Waals surface area contributed by atoms with E-state index < -0.39 is 0 Å². The fourth-order valence-corrected chi connectivity index (χ4v) is 3.83. The Balaban J connectivity index is 1.78. The molecule has 0 fully saturated rings. The number of aromatic nitrogens is 2. The van der Waals surface area contributed by atoms with Crippen LogP contribution in [0.15, 0.2) is 67.4 Å². The van der Waals surface area contributed by atoms with E-state index in [1.54, 1.807) is 6.20 Å². The second-order valence-corrected chi connectivity index (χ2v) is 7.73. The van der Waals surface area contributed by atoms with Crippen molar-refractivity contribution in [2.75, 3.05) is 0 Å². The summed E-state index contributed by atoms with van der Waals surface area (Å²) < 4.78 is 2.05. The molecule has 0 saturated carbocycles. The Labute approximate surface area is 180 Å². The molecule has 3 aromatic rings. The van der Waals surface area contributed by atoms with Gasteiger partial charge in [-0.3, -0.25) is 0 Å². The maximum Gasteiger partial charge on any atom is 0.141 e. The summed E-state index contributed by atoms with van der Waals surface area (Å²) in [6.45, 7) is 6.61. The molecule has 0 aliphatic heterocycles. The lowest BCUT2D eigenvalue weighted by Gasteiger charge is -2.14. The first kappa shape index (κ1) is 21.6. The van der Waals surface area contributed by atoms with Crippen molar-refractivity contribution < 1.29 is 0 Å². The summed E-state index contributed by atoms with van der Waals surface area (Å²) in [6, 6.07) is 19.4. The van der Waals surface area contributed by atoms with Gasteiger partial charge < -0.3 is 4.57 Å². The molecular weight excluding hydrogens is 366 g/mol. The van der Waals surface area contributed by atoms with Crippen LogP contribution in [0.4, 0.5) is 0 Å². The van der Waals surface area contributed by atoms with Crippen molar-refractivity contribution in [1.29, 1.82) is 5.26 Å². The molecule has 3 rings (SSSR count). The summed E-state index contributed by atoms with van der Waals surface area (Å²) in [7, 11) is 0. The number of benzene rings is 2. The Morgan fingerprint density at radius 3 is 2.43 bits per heavy atom. The average molecular weight is 398 g/mol. The van der Waals surface area contributed by atoms with Crippen molar-refractivity contribution in [3.05, 3.63) is 89.8 Å². The van der Waals surface area contributed by atoms with Gasteiger partial charge in [-0.2, -0.15) is 5.26 Å². The van der Waals surface area contributed by atoms with Gasteiger partial charge in [0.1, 0.15) is 17.6 Å². The molecule has 0 atom stereocenters. The molecular formula is C27H31N3. The van der Waals surface area contributed by atoms with E-state index in [4.69, 9.17) is 0 Å². The van der Waals surface area contributed by atoms with E-state index in [0.29, 0.717) is 12.2 Å². The Hall–Kier alpha value is -3.12. The monoisotopic (exact) mass is 397 g/mol. The molecule has 1 heterocycles. The minimum Gasteiger partial charge on any atom is -0.311 e. The van der Waals surface area contributed by atoms with Gasteiger partial charge in [0.2, 0.25) is 0 Å². The summed E-state index contributed by atoms with van der Waals surface area (Å²) in [4.78, 5) is 4.57. The zero-order chi connectivity index (χ0) is 21.2. The summed E-state index contributed by atoms with van der Waals surface area (Å²) in [5, 5.41) is 9.63. The van der Waals surface area contributed by atoms with Crippen LogP contribution >= 0.6 is 0 Å². The zero-order valence-electron chi connectivity index (χ0n) is 18.0. The third-order valence-corrected chi connectivity index (χ3v) is 5.64. The van der Waals surface area contributed by atoms with Crippen molar-refractivity contribution in [3.8, 4) is 17.5 Å². The highest BCUT2D eigenvalue weighted by Gasteiger charge is 2.14. The highest BCUT2D eigenvalue weighted by molar-refractivity contribution is 5.58. The summed E-state index contributed by atoms with van der Waals surface area (Å²) in [6.07, 6.45) is 11.8. The van der Waals surface area contributed by atoms with Gasteiger partial charge in [0.05, 0.1) is 12.7 Å². The molecule has 3 heteroatoms. The molecule has 0 N–H and O–H groups in total. The van der Waals surface area contributed by atoms with Crippen LogP contribution < -0.4 is 0 Å². The number of imidazole rings is 1. The second kappa shape index (κ2) is 11.2. The fraction of sp³-hybridized carbons (Fsp3) is 0.333.